The number of halogens is 1. The van der Waals surface area contributed by atoms with Crippen molar-refractivity contribution in [3.63, 3.8) is 0 Å². The maximum Gasteiger partial charge on any atom is 0.123 e. The van der Waals surface area contributed by atoms with Gasteiger partial charge in [-0.1, -0.05) is 0 Å². The normalized spacial score (nSPS) is 10.6. The fourth-order valence-electron chi connectivity index (χ4n) is 1.39. The Morgan fingerprint density at radius 3 is 2.87 bits per heavy atom. The van der Waals surface area contributed by atoms with Gasteiger partial charge in [0.2, 0.25) is 0 Å². The molecule has 0 aliphatic rings. The number of hydrogen-bond donors (Lipinski definition) is 1. The summed E-state index contributed by atoms with van der Waals surface area (Å²) < 4.78 is 12.9. The molecule has 2 aromatic rings. The van der Waals surface area contributed by atoms with Crippen molar-refractivity contribution in [2.75, 3.05) is 0 Å². The van der Waals surface area contributed by atoms with E-state index in [1.165, 1.54) is 23.5 Å². The lowest BCUT2D eigenvalue weighted by atomic mass is 10.1. The van der Waals surface area contributed by atoms with Crippen molar-refractivity contribution in [1.29, 1.82) is 0 Å². The van der Waals surface area contributed by atoms with E-state index >= 15 is 0 Å². The number of aryl methyl sites for hydroxylation is 1. The summed E-state index contributed by atoms with van der Waals surface area (Å²) in [5, 5.41) is 2.82. The molecule has 4 heteroatoms. The Labute approximate surface area is 91.6 Å². The zero-order chi connectivity index (χ0) is 10.8. The van der Waals surface area contributed by atoms with Crippen LogP contribution < -0.4 is 5.73 Å². The second-order valence-electron chi connectivity index (χ2n) is 3.31. The van der Waals surface area contributed by atoms with Crippen LogP contribution in [0.15, 0.2) is 23.6 Å². The van der Waals surface area contributed by atoms with Gasteiger partial charge >= 0.3 is 0 Å². The molecule has 1 heterocycles. The highest BCUT2D eigenvalue weighted by atomic mass is 32.1. The summed E-state index contributed by atoms with van der Waals surface area (Å²) in [5.41, 5.74) is 8.23. The van der Waals surface area contributed by atoms with Gasteiger partial charge in [-0.2, -0.15) is 0 Å². The number of rotatable bonds is 2. The standard InChI is InChI=1S/C11H11FN2S/c1-7-4-8(12)2-3-10(7)11-14-9(5-13)6-15-11/h2-4,6H,5,13H2,1H3. The molecule has 0 spiro atoms. The van der Waals surface area contributed by atoms with Crippen molar-refractivity contribution in [3.8, 4) is 10.6 Å². The van der Waals surface area contributed by atoms with Gasteiger partial charge in [-0.25, -0.2) is 9.37 Å². The van der Waals surface area contributed by atoms with Crippen molar-refractivity contribution in [2.45, 2.75) is 13.5 Å². The van der Waals surface area contributed by atoms with Gasteiger partial charge in [0.1, 0.15) is 10.8 Å². The van der Waals surface area contributed by atoms with Crippen LogP contribution >= 0.6 is 11.3 Å². The summed E-state index contributed by atoms with van der Waals surface area (Å²) in [4.78, 5) is 4.36. The first-order chi connectivity index (χ1) is 7.20. The first kappa shape index (κ1) is 10.3. The molecule has 2 rings (SSSR count). The molecule has 1 aromatic heterocycles. The van der Waals surface area contributed by atoms with Crippen LogP contribution in [0, 0.1) is 12.7 Å². The number of hydrogen-bond acceptors (Lipinski definition) is 3. The minimum atomic E-state index is -0.216. The van der Waals surface area contributed by atoms with Gasteiger partial charge in [0.25, 0.3) is 0 Å². The van der Waals surface area contributed by atoms with Crippen LogP contribution in [0.5, 0.6) is 0 Å². The van der Waals surface area contributed by atoms with E-state index in [-0.39, 0.29) is 5.82 Å². The van der Waals surface area contributed by atoms with E-state index in [1.54, 1.807) is 6.07 Å². The summed E-state index contributed by atoms with van der Waals surface area (Å²) in [6.07, 6.45) is 0. The quantitative estimate of drug-likeness (QED) is 0.848. The van der Waals surface area contributed by atoms with Crippen molar-refractivity contribution in [2.24, 2.45) is 5.73 Å². The van der Waals surface area contributed by atoms with Crippen LogP contribution in [-0.2, 0) is 6.54 Å². The van der Waals surface area contributed by atoms with Gasteiger partial charge in [-0.15, -0.1) is 11.3 Å². The van der Waals surface area contributed by atoms with E-state index in [0.717, 1.165) is 21.8 Å². The lowest BCUT2D eigenvalue weighted by Gasteiger charge is -2.01. The van der Waals surface area contributed by atoms with Gasteiger partial charge < -0.3 is 5.73 Å². The molecule has 78 valence electrons. The van der Waals surface area contributed by atoms with Crippen LogP contribution in [0.4, 0.5) is 4.39 Å². The maximum atomic E-state index is 12.9. The molecule has 2 nitrogen and oxygen atoms in total. The lowest BCUT2D eigenvalue weighted by molar-refractivity contribution is 0.627. The molecule has 2 N–H and O–H groups in total. The van der Waals surface area contributed by atoms with Crippen LogP contribution in [0.1, 0.15) is 11.3 Å². The van der Waals surface area contributed by atoms with Gasteiger partial charge in [0, 0.05) is 17.5 Å². The van der Waals surface area contributed by atoms with E-state index in [2.05, 4.69) is 4.98 Å². The number of aromatic nitrogens is 1. The Balaban J connectivity index is 2.44. The number of thiazole rings is 1. The summed E-state index contributed by atoms with van der Waals surface area (Å²) in [5.74, 6) is -0.216. The lowest BCUT2D eigenvalue weighted by Crippen LogP contribution is -1.95. The molecule has 0 radical (unpaired) electrons. The summed E-state index contributed by atoms with van der Waals surface area (Å²) in [6, 6.07) is 4.72. The van der Waals surface area contributed by atoms with E-state index < -0.39 is 0 Å². The molecule has 0 saturated carbocycles. The molecule has 0 unspecified atom stereocenters. The third-order valence-electron chi connectivity index (χ3n) is 2.18. The average molecular weight is 222 g/mol. The molecule has 0 aliphatic carbocycles. The minimum Gasteiger partial charge on any atom is -0.325 e. The molecule has 0 atom stereocenters. The predicted octanol–water partition coefficient (Wildman–Crippen LogP) is 2.72. The largest absolute Gasteiger partial charge is 0.325 e. The number of benzene rings is 1. The summed E-state index contributed by atoms with van der Waals surface area (Å²) >= 11 is 1.53. The van der Waals surface area contributed by atoms with E-state index in [9.17, 15) is 4.39 Å². The van der Waals surface area contributed by atoms with Crippen molar-refractivity contribution in [3.05, 3.63) is 40.7 Å². The minimum absolute atomic E-state index is 0.216. The topological polar surface area (TPSA) is 38.9 Å². The second-order valence-corrected chi connectivity index (χ2v) is 4.17. The SMILES string of the molecule is Cc1cc(F)ccc1-c1nc(CN)cs1. The molecule has 0 saturated heterocycles. The zero-order valence-corrected chi connectivity index (χ0v) is 9.14. The second kappa shape index (κ2) is 4.08. The molecule has 0 amide bonds. The highest BCUT2D eigenvalue weighted by molar-refractivity contribution is 7.13. The van der Waals surface area contributed by atoms with Crippen molar-refractivity contribution >= 4 is 11.3 Å². The highest BCUT2D eigenvalue weighted by Gasteiger charge is 2.07. The summed E-state index contributed by atoms with van der Waals surface area (Å²) in [6.45, 7) is 2.32. The average Bonchev–Trinajstić information content (AvgIpc) is 2.66. The smallest absolute Gasteiger partial charge is 0.123 e. The monoisotopic (exact) mass is 222 g/mol. The van der Waals surface area contributed by atoms with Gasteiger partial charge in [-0.05, 0) is 30.7 Å². The summed E-state index contributed by atoms with van der Waals surface area (Å²) in [7, 11) is 0. The predicted molar refractivity (Wildman–Crippen MR) is 60.1 cm³/mol. The Morgan fingerprint density at radius 1 is 1.47 bits per heavy atom. The Kier molecular flexibility index (Phi) is 2.79. The Hall–Kier alpha value is -1.26. The molecule has 15 heavy (non-hydrogen) atoms. The van der Waals surface area contributed by atoms with E-state index in [1.807, 2.05) is 12.3 Å². The molecule has 0 fully saturated rings. The number of nitrogens with two attached hydrogens (primary N) is 1. The first-order valence-corrected chi connectivity index (χ1v) is 5.49. The van der Waals surface area contributed by atoms with E-state index in [0.29, 0.717) is 6.54 Å². The Morgan fingerprint density at radius 2 is 2.27 bits per heavy atom. The van der Waals surface area contributed by atoms with Crippen LogP contribution in [-0.4, -0.2) is 4.98 Å². The zero-order valence-electron chi connectivity index (χ0n) is 8.33. The first-order valence-electron chi connectivity index (χ1n) is 4.61. The molecule has 0 bridgehead atoms. The Bertz CT molecular complexity index is 479. The molecule has 1 aromatic carbocycles. The van der Waals surface area contributed by atoms with Crippen molar-refractivity contribution in [1.82, 2.24) is 4.98 Å². The third-order valence-corrected chi connectivity index (χ3v) is 3.10. The number of nitrogens with zero attached hydrogens (tertiary/aromatic N) is 1. The molecular weight excluding hydrogens is 211 g/mol. The fourth-order valence-corrected chi connectivity index (χ4v) is 2.31. The van der Waals surface area contributed by atoms with Crippen LogP contribution in [0.25, 0.3) is 10.6 Å². The maximum absolute atomic E-state index is 12.9. The molecular formula is C11H11FN2S. The van der Waals surface area contributed by atoms with Gasteiger partial charge in [-0.3, -0.25) is 0 Å². The fraction of sp³-hybridized carbons (Fsp3) is 0.182. The molecule has 0 aliphatic heterocycles. The highest BCUT2D eigenvalue weighted by Crippen LogP contribution is 2.27. The van der Waals surface area contributed by atoms with E-state index in [4.69, 9.17) is 5.73 Å². The van der Waals surface area contributed by atoms with Crippen LogP contribution in [0.3, 0.4) is 0 Å². The third kappa shape index (κ3) is 2.06. The van der Waals surface area contributed by atoms with Crippen molar-refractivity contribution < 1.29 is 4.39 Å². The van der Waals surface area contributed by atoms with Gasteiger partial charge in [0.15, 0.2) is 0 Å². The van der Waals surface area contributed by atoms with Crippen LogP contribution in [0.2, 0.25) is 0 Å². The van der Waals surface area contributed by atoms with Gasteiger partial charge in [0.05, 0.1) is 5.69 Å².